The molecule has 3 rings (SSSR count). The van der Waals surface area contributed by atoms with Crippen LogP contribution in [0.15, 0.2) is 47.8 Å². The van der Waals surface area contributed by atoms with Crippen molar-refractivity contribution in [3.8, 4) is 0 Å². The maximum Gasteiger partial charge on any atom is 0.228 e. The Kier molecular flexibility index (Phi) is 3.65. The van der Waals surface area contributed by atoms with Gasteiger partial charge in [0.25, 0.3) is 0 Å². The van der Waals surface area contributed by atoms with Crippen molar-refractivity contribution in [1.82, 2.24) is 4.90 Å². The van der Waals surface area contributed by atoms with E-state index in [0.29, 0.717) is 12.5 Å². The molecule has 0 bridgehead atoms. The molecule has 1 aliphatic carbocycles. The molecule has 0 saturated heterocycles. The third-order valence-electron chi connectivity index (χ3n) is 3.41. The van der Waals surface area contributed by atoms with Crippen LogP contribution in [-0.4, -0.2) is 16.8 Å². The molecule has 0 unspecified atom stereocenters. The SMILES string of the molecule is O=C(Cc1cccs1)N(Cc1ccccc1)C1CC1. The van der Waals surface area contributed by atoms with Crippen LogP contribution in [0.5, 0.6) is 0 Å². The number of benzene rings is 1. The van der Waals surface area contributed by atoms with E-state index in [1.165, 1.54) is 5.56 Å². The largest absolute Gasteiger partial charge is 0.335 e. The molecule has 1 amide bonds. The zero-order valence-corrected chi connectivity index (χ0v) is 11.6. The van der Waals surface area contributed by atoms with Crippen molar-refractivity contribution in [3.63, 3.8) is 0 Å². The summed E-state index contributed by atoms with van der Waals surface area (Å²) in [5.74, 6) is 0.258. The lowest BCUT2D eigenvalue weighted by Crippen LogP contribution is -2.33. The number of carbonyl (C=O) groups is 1. The highest BCUT2D eigenvalue weighted by Gasteiger charge is 2.32. The Balaban J connectivity index is 1.69. The van der Waals surface area contributed by atoms with E-state index in [0.717, 1.165) is 24.3 Å². The maximum atomic E-state index is 12.4. The summed E-state index contributed by atoms with van der Waals surface area (Å²) in [7, 11) is 0. The van der Waals surface area contributed by atoms with E-state index >= 15 is 0 Å². The number of rotatable bonds is 5. The van der Waals surface area contributed by atoms with Crippen molar-refractivity contribution >= 4 is 17.2 Å². The molecule has 1 heterocycles. The van der Waals surface area contributed by atoms with E-state index in [1.807, 2.05) is 35.7 Å². The summed E-state index contributed by atoms with van der Waals surface area (Å²) in [5.41, 5.74) is 1.22. The molecule has 1 aliphatic rings. The summed E-state index contributed by atoms with van der Waals surface area (Å²) in [6.45, 7) is 0.746. The summed E-state index contributed by atoms with van der Waals surface area (Å²) >= 11 is 1.66. The average Bonchev–Trinajstić information content (AvgIpc) is 3.15. The maximum absolute atomic E-state index is 12.4. The number of thiophene rings is 1. The van der Waals surface area contributed by atoms with Crippen LogP contribution >= 0.6 is 11.3 Å². The predicted octanol–water partition coefficient (Wildman–Crippen LogP) is 3.48. The Morgan fingerprint density at radius 3 is 2.58 bits per heavy atom. The normalized spacial score (nSPS) is 14.3. The van der Waals surface area contributed by atoms with Crippen LogP contribution in [-0.2, 0) is 17.8 Å². The van der Waals surface area contributed by atoms with Crippen LogP contribution in [0.3, 0.4) is 0 Å². The molecule has 0 spiro atoms. The second-order valence-electron chi connectivity index (χ2n) is 4.99. The van der Waals surface area contributed by atoms with Gasteiger partial charge >= 0.3 is 0 Å². The number of hydrogen-bond donors (Lipinski definition) is 0. The number of carbonyl (C=O) groups excluding carboxylic acids is 1. The van der Waals surface area contributed by atoms with Crippen LogP contribution in [0, 0.1) is 0 Å². The summed E-state index contributed by atoms with van der Waals surface area (Å²) in [6.07, 6.45) is 2.85. The highest BCUT2D eigenvalue weighted by molar-refractivity contribution is 7.10. The zero-order valence-electron chi connectivity index (χ0n) is 10.8. The van der Waals surface area contributed by atoms with Crippen LogP contribution in [0.1, 0.15) is 23.3 Å². The Labute approximate surface area is 117 Å². The van der Waals surface area contributed by atoms with Gasteiger partial charge in [0.05, 0.1) is 6.42 Å². The lowest BCUT2D eigenvalue weighted by molar-refractivity contribution is -0.131. The van der Waals surface area contributed by atoms with Gasteiger partial charge in [0.2, 0.25) is 5.91 Å². The molecule has 2 nitrogen and oxygen atoms in total. The molecule has 0 radical (unpaired) electrons. The lowest BCUT2D eigenvalue weighted by Gasteiger charge is -2.22. The number of hydrogen-bond acceptors (Lipinski definition) is 2. The van der Waals surface area contributed by atoms with Gasteiger partial charge in [-0.25, -0.2) is 0 Å². The zero-order chi connectivity index (χ0) is 13.1. The third-order valence-corrected chi connectivity index (χ3v) is 4.29. The number of amides is 1. The summed E-state index contributed by atoms with van der Waals surface area (Å²) < 4.78 is 0. The average molecular weight is 271 g/mol. The standard InChI is InChI=1S/C16H17NOS/c18-16(11-15-7-4-10-19-15)17(14-8-9-14)12-13-5-2-1-3-6-13/h1-7,10,14H,8-9,11-12H2. The van der Waals surface area contributed by atoms with Gasteiger partial charge in [0.15, 0.2) is 0 Å². The lowest BCUT2D eigenvalue weighted by atomic mass is 10.2. The molecule has 3 heteroatoms. The highest BCUT2D eigenvalue weighted by atomic mass is 32.1. The van der Waals surface area contributed by atoms with Gasteiger partial charge < -0.3 is 4.90 Å². The first-order chi connectivity index (χ1) is 9.33. The number of nitrogens with zero attached hydrogens (tertiary/aromatic N) is 1. The quantitative estimate of drug-likeness (QED) is 0.815. The third kappa shape index (κ3) is 3.24. The molecule has 1 aromatic heterocycles. The Hall–Kier alpha value is -1.61. The van der Waals surface area contributed by atoms with Gasteiger partial charge in [-0.1, -0.05) is 36.4 Å². The minimum absolute atomic E-state index is 0.258. The first kappa shape index (κ1) is 12.4. The molecule has 98 valence electrons. The molecular weight excluding hydrogens is 254 g/mol. The van der Waals surface area contributed by atoms with Gasteiger partial charge in [0.1, 0.15) is 0 Å². The molecule has 1 fully saturated rings. The topological polar surface area (TPSA) is 20.3 Å². The van der Waals surface area contributed by atoms with E-state index in [-0.39, 0.29) is 5.91 Å². The van der Waals surface area contributed by atoms with Crippen molar-refractivity contribution in [2.24, 2.45) is 0 Å². The van der Waals surface area contributed by atoms with Crippen LogP contribution < -0.4 is 0 Å². The fourth-order valence-corrected chi connectivity index (χ4v) is 2.95. The van der Waals surface area contributed by atoms with Crippen LogP contribution in [0.4, 0.5) is 0 Å². The second kappa shape index (κ2) is 5.57. The Morgan fingerprint density at radius 2 is 1.95 bits per heavy atom. The van der Waals surface area contributed by atoms with Gasteiger partial charge in [-0.05, 0) is 29.9 Å². The minimum atomic E-state index is 0.258. The molecule has 2 aromatic rings. The van der Waals surface area contributed by atoms with Crippen molar-refractivity contribution in [2.75, 3.05) is 0 Å². The molecule has 19 heavy (non-hydrogen) atoms. The second-order valence-corrected chi connectivity index (χ2v) is 6.03. The summed E-state index contributed by atoms with van der Waals surface area (Å²) in [6, 6.07) is 14.8. The van der Waals surface area contributed by atoms with Gasteiger partial charge in [-0.2, -0.15) is 0 Å². The van der Waals surface area contributed by atoms with Crippen molar-refractivity contribution in [1.29, 1.82) is 0 Å². The van der Waals surface area contributed by atoms with Crippen molar-refractivity contribution < 1.29 is 4.79 Å². The van der Waals surface area contributed by atoms with Gasteiger partial charge in [-0.3, -0.25) is 4.79 Å². The molecule has 1 saturated carbocycles. The predicted molar refractivity (Wildman–Crippen MR) is 78.0 cm³/mol. The van der Waals surface area contributed by atoms with E-state index < -0.39 is 0 Å². The van der Waals surface area contributed by atoms with Crippen LogP contribution in [0.25, 0.3) is 0 Å². The molecule has 0 aliphatic heterocycles. The minimum Gasteiger partial charge on any atom is -0.335 e. The fraction of sp³-hybridized carbons (Fsp3) is 0.312. The van der Waals surface area contributed by atoms with Crippen molar-refractivity contribution in [3.05, 3.63) is 58.3 Å². The first-order valence-corrected chi connectivity index (χ1v) is 7.56. The fourth-order valence-electron chi connectivity index (χ4n) is 2.25. The molecular formula is C16H17NOS. The van der Waals surface area contributed by atoms with Crippen LogP contribution in [0.2, 0.25) is 0 Å². The molecule has 0 atom stereocenters. The highest BCUT2D eigenvalue weighted by Crippen LogP contribution is 2.29. The van der Waals surface area contributed by atoms with Gasteiger partial charge in [-0.15, -0.1) is 11.3 Å². The Bertz CT molecular complexity index is 531. The van der Waals surface area contributed by atoms with E-state index in [1.54, 1.807) is 11.3 Å². The van der Waals surface area contributed by atoms with E-state index in [4.69, 9.17) is 0 Å². The Morgan fingerprint density at radius 1 is 1.16 bits per heavy atom. The van der Waals surface area contributed by atoms with E-state index in [9.17, 15) is 4.79 Å². The van der Waals surface area contributed by atoms with E-state index in [2.05, 4.69) is 17.0 Å². The first-order valence-electron chi connectivity index (χ1n) is 6.69. The molecule has 0 N–H and O–H groups in total. The monoisotopic (exact) mass is 271 g/mol. The summed E-state index contributed by atoms with van der Waals surface area (Å²) in [4.78, 5) is 15.6. The summed E-state index contributed by atoms with van der Waals surface area (Å²) in [5, 5.41) is 2.03. The molecule has 1 aromatic carbocycles. The van der Waals surface area contributed by atoms with Crippen molar-refractivity contribution in [2.45, 2.75) is 31.8 Å². The smallest absolute Gasteiger partial charge is 0.228 e. The van der Waals surface area contributed by atoms with Gasteiger partial charge in [0, 0.05) is 17.5 Å².